The summed E-state index contributed by atoms with van der Waals surface area (Å²) in [6, 6.07) is 6.93. The van der Waals surface area contributed by atoms with Crippen molar-refractivity contribution in [1.29, 1.82) is 0 Å². The number of thiazole rings is 1. The Morgan fingerprint density at radius 2 is 2.24 bits per heavy atom. The van der Waals surface area contributed by atoms with E-state index in [0.717, 1.165) is 11.3 Å². The Hall–Kier alpha value is -1.68. The summed E-state index contributed by atoms with van der Waals surface area (Å²) < 4.78 is 0. The van der Waals surface area contributed by atoms with Gasteiger partial charge >= 0.3 is 5.97 Å². The third-order valence-electron chi connectivity index (χ3n) is 2.85. The topological polar surface area (TPSA) is 50.2 Å². The number of hydrogen-bond acceptors (Lipinski definition) is 3. The molecule has 0 saturated heterocycles. The van der Waals surface area contributed by atoms with Crippen LogP contribution in [0, 0.1) is 0 Å². The summed E-state index contributed by atoms with van der Waals surface area (Å²) in [4.78, 5) is 15.5. The Balaban J connectivity index is 1.96. The summed E-state index contributed by atoms with van der Waals surface area (Å²) in [5.41, 5.74) is 2.08. The van der Waals surface area contributed by atoms with Gasteiger partial charge in [0.05, 0.1) is 16.3 Å². The van der Waals surface area contributed by atoms with Gasteiger partial charge in [0.15, 0.2) is 0 Å². The van der Waals surface area contributed by atoms with Crippen LogP contribution in [0.3, 0.4) is 0 Å². The average molecular weight is 245 g/mol. The number of carboxylic acids is 1. The van der Waals surface area contributed by atoms with Crippen LogP contribution in [0.2, 0.25) is 0 Å². The second-order valence-electron chi connectivity index (χ2n) is 4.23. The first-order chi connectivity index (χ1) is 8.24. The molecule has 4 heteroatoms. The molecular weight excluding hydrogens is 234 g/mol. The number of nitrogens with zero attached hydrogens (tertiary/aromatic N) is 1. The normalized spacial score (nSPS) is 14.8. The highest BCUT2D eigenvalue weighted by Gasteiger charge is 2.26. The third-order valence-corrected chi connectivity index (χ3v) is 3.86. The van der Waals surface area contributed by atoms with E-state index in [4.69, 9.17) is 5.11 Å². The zero-order valence-electron chi connectivity index (χ0n) is 9.09. The molecule has 1 heterocycles. The molecule has 0 bridgehead atoms. The maximum atomic E-state index is 10.9. The molecule has 0 radical (unpaired) electrons. The predicted molar refractivity (Wildman–Crippen MR) is 66.5 cm³/mol. The molecule has 3 nitrogen and oxygen atoms in total. The summed E-state index contributed by atoms with van der Waals surface area (Å²) in [7, 11) is 0. The van der Waals surface area contributed by atoms with Crippen molar-refractivity contribution in [3.05, 3.63) is 40.2 Å². The molecule has 1 aromatic heterocycles. The number of rotatable bonds is 3. The molecule has 1 N–H and O–H groups in total. The minimum absolute atomic E-state index is 0.309. The minimum atomic E-state index is -0.899. The molecule has 0 aliphatic heterocycles. The van der Waals surface area contributed by atoms with Crippen LogP contribution in [0.15, 0.2) is 29.6 Å². The van der Waals surface area contributed by atoms with Crippen molar-refractivity contribution in [2.45, 2.75) is 18.8 Å². The number of aromatic carboxylic acids is 1. The first-order valence-corrected chi connectivity index (χ1v) is 6.41. The number of carboxylic acid groups (broad SMARTS) is 1. The smallest absolute Gasteiger partial charge is 0.335 e. The van der Waals surface area contributed by atoms with Gasteiger partial charge in [0.25, 0.3) is 0 Å². The Morgan fingerprint density at radius 3 is 2.94 bits per heavy atom. The number of benzene rings is 1. The van der Waals surface area contributed by atoms with E-state index in [1.165, 1.54) is 17.8 Å². The van der Waals surface area contributed by atoms with Crippen LogP contribution in [-0.2, 0) is 0 Å². The molecule has 17 heavy (non-hydrogen) atoms. The largest absolute Gasteiger partial charge is 0.478 e. The summed E-state index contributed by atoms with van der Waals surface area (Å²) in [5.74, 6) is -0.249. The highest BCUT2D eigenvalue weighted by Crippen LogP contribution is 2.42. The van der Waals surface area contributed by atoms with Crippen LogP contribution in [0.1, 0.15) is 34.1 Å². The molecule has 1 fully saturated rings. The monoisotopic (exact) mass is 245 g/mol. The Labute approximate surface area is 103 Å². The quantitative estimate of drug-likeness (QED) is 0.901. The summed E-state index contributed by atoms with van der Waals surface area (Å²) in [6.07, 6.45) is 2.48. The molecule has 1 aromatic carbocycles. The van der Waals surface area contributed by atoms with E-state index in [0.29, 0.717) is 11.5 Å². The third kappa shape index (κ3) is 2.08. The zero-order valence-corrected chi connectivity index (χ0v) is 9.91. The maximum Gasteiger partial charge on any atom is 0.335 e. The van der Waals surface area contributed by atoms with Gasteiger partial charge in [-0.05, 0) is 25.0 Å². The highest BCUT2D eigenvalue weighted by molar-refractivity contribution is 7.10. The van der Waals surface area contributed by atoms with Gasteiger partial charge in [-0.2, -0.15) is 0 Å². The van der Waals surface area contributed by atoms with E-state index < -0.39 is 5.97 Å². The average Bonchev–Trinajstić information content (AvgIpc) is 3.07. The highest BCUT2D eigenvalue weighted by atomic mass is 32.1. The molecule has 1 aliphatic rings. The van der Waals surface area contributed by atoms with Gasteiger partial charge in [-0.25, -0.2) is 9.78 Å². The van der Waals surface area contributed by atoms with Crippen molar-refractivity contribution in [2.24, 2.45) is 0 Å². The predicted octanol–water partition coefficient (Wildman–Crippen LogP) is 3.39. The van der Waals surface area contributed by atoms with Gasteiger partial charge < -0.3 is 5.11 Å². The second-order valence-corrected chi connectivity index (χ2v) is 5.12. The molecule has 0 unspecified atom stereocenters. The van der Waals surface area contributed by atoms with Crippen molar-refractivity contribution < 1.29 is 9.90 Å². The Morgan fingerprint density at radius 1 is 1.41 bits per heavy atom. The molecule has 3 rings (SSSR count). The van der Waals surface area contributed by atoms with E-state index in [9.17, 15) is 4.79 Å². The molecule has 86 valence electrons. The van der Waals surface area contributed by atoms with E-state index >= 15 is 0 Å². The van der Waals surface area contributed by atoms with Crippen molar-refractivity contribution in [2.75, 3.05) is 0 Å². The van der Waals surface area contributed by atoms with Crippen molar-refractivity contribution >= 4 is 17.3 Å². The number of carbonyl (C=O) groups is 1. The lowest BCUT2D eigenvalue weighted by molar-refractivity contribution is 0.0697. The lowest BCUT2D eigenvalue weighted by Gasteiger charge is -1.98. The van der Waals surface area contributed by atoms with E-state index in [1.54, 1.807) is 29.5 Å². The van der Waals surface area contributed by atoms with Crippen molar-refractivity contribution in [3.63, 3.8) is 0 Å². The van der Waals surface area contributed by atoms with E-state index in [-0.39, 0.29) is 0 Å². The standard InChI is InChI=1S/C13H11NO2S/c15-13(16)10-3-1-2-9(6-10)11-7-17-12(14-11)8-4-5-8/h1-3,6-8H,4-5H2,(H,15,16). The summed E-state index contributed by atoms with van der Waals surface area (Å²) in [5, 5.41) is 12.1. The molecule has 2 aromatic rings. The summed E-state index contributed by atoms with van der Waals surface area (Å²) in [6.45, 7) is 0. The van der Waals surface area contributed by atoms with Gasteiger partial charge in [0.1, 0.15) is 0 Å². The lowest BCUT2D eigenvalue weighted by atomic mass is 10.1. The molecule has 0 atom stereocenters. The summed E-state index contributed by atoms with van der Waals surface area (Å²) >= 11 is 1.67. The van der Waals surface area contributed by atoms with Gasteiger partial charge in [0, 0.05) is 16.9 Å². The Bertz CT molecular complexity index is 572. The van der Waals surface area contributed by atoms with Crippen LogP contribution >= 0.6 is 11.3 Å². The maximum absolute atomic E-state index is 10.9. The Kier molecular flexibility index (Phi) is 2.44. The van der Waals surface area contributed by atoms with Gasteiger partial charge in [-0.15, -0.1) is 11.3 Å². The van der Waals surface area contributed by atoms with Gasteiger partial charge in [-0.3, -0.25) is 0 Å². The fourth-order valence-electron chi connectivity index (χ4n) is 1.75. The first kappa shape index (κ1) is 10.5. The van der Waals surface area contributed by atoms with Crippen LogP contribution in [0.5, 0.6) is 0 Å². The molecular formula is C13H11NO2S. The SMILES string of the molecule is O=C(O)c1cccc(-c2csc(C3CC3)n2)c1. The molecule has 0 amide bonds. The lowest BCUT2D eigenvalue weighted by Crippen LogP contribution is -1.95. The number of hydrogen-bond donors (Lipinski definition) is 1. The fraction of sp³-hybridized carbons (Fsp3) is 0.231. The second kappa shape index (κ2) is 3.96. The van der Waals surface area contributed by atoms with E-state index in [1.807, 2.05) is 11.4 Å². The van der Waals surface area contributed by atoms with Crippen molar-refractivity contribution in [3.8, 4) is 11.3 Å². The minimum Gasteiger partial charge on any atom is -0.478 e. The van der Waals surface area contributed by atoms with Crippen LogP contribution in [0.25, 0.3) is 11.3 Å². The van der Waals surface area contributed by atoms with Crippen molar-refractivity contribution in [1.82, 2.24) is 4.98 Å². The van der Waals surface area contributed by atoms with Crippen LogP contribution < -0.4 is 0 Å². The molecule has 1 aliphatic carbocycles. The molecule has 1 saturated carbocycles. The van der Waals surface area contributed by atoms with Crippen LogP contribution in [0.4, 0.5) is 0 Å². The van der Waals surface area contributed by atoms with Crippen LogP contribution in [-0.4, -0.2) is 16.1 Å². The van der Waals surface area contributed by atoms with Gasteiger partial charge in [0.2, 0.25) is 0 Å². The number of aromatic nitrogens is 1. The molecule has 0 spiro atoms. The van der Waals surface area contributed by atoms with Gasteiger partial charge in [-0.1, -0.05) is 12.1 Å². The zero-order chi connectivity index (χ0) is 11.8. The fourth-order valence-corrected chi connectivity index (χ4v) is 2.75. The first-order valence-electron chi connectivity index (χ1n) is 5.53. The van der Waals surface area contributed by atoms with E-state index in [2.05, 4.69) is 4.98 Å².